The molecule has 0 radical (unpaired) electrons. The molecule has 7 heteroatoms. The highest BCUT2D eigenvalue weighted by Gasteiger charge is 2.34. The maximum Gasteiger partial charge on any atom is 0.422 e. The maximum atomic E-state index is 12.6. The summed E-state index contributed by atoms with van der Waals surface area (Å²) >= 11 is 0. The van der Waals surface area contributed by atoms with Gasteiger partial charge in [0.1, 0.15) is 5.75 Å². The zero-order valence-corrected chi connectivity index (χ0v) is 8.90. The first-order valence-corrected chi connectivity index (χ1v) is 4.67. The van der Waals surface area contributed by atoms with E-state index in [4.69, 9.17) is 0 Å². The predicted octanol–water partition coefficient (Wildman–Crippen LogP) is 4.29. The van der Waals surface area contributed by atoms with Crippen LogP contribution >= 0.6 is 0 Å². The highest BCUT2D eigenvalue weighted by atomic mass is 19.4. The summed E-state index contributed by atoms with van der Waals surface area (Å²) in [6.07, 6.45) is -8.31. The minimum Gasteiger partial charge on any atom is -0.484 e. The molecule has 0 aliphatic carbocycles. The first-order chi connectivity index (χ1) is 8.13. The molecule has 1 aromatic rings. The van der Waals surface area contributed by atoms with Crippen LogP contribution in [0.1, 0.15) is 11.1 Å². The number of ether oxygens (including phenoxy) is 1. The fourth-order valence-electron chi connectivity index (χ4n) is 1.21. The van der Waals surface area contributed by atoms with Crippen molar-refractivity contribution < 1.29 is 31.1 Å². The molecule has 0 spiro atoms. The molecule has 0 aliphatic rings. The molecule has 0 unspecified atom stereocenters. The van der Waals surface area contributed by atoms with Gasteiger partial charge in [0.05, 0.1) is 5.56 Å². The standard InChI is InChI=1S/C11H8F6O/c1-2-7-3-4-8(18-6-10(12,13)14)5-9(7)11(15,16)17/h2-5H,1,6H2. The van der Waals surface area contributed by atoms with E-state index in [0.29, 0.717) is 6.07 Å². The lowest BCUT2D eigenvalue weighted by atomic mass is 10.1. The van der Waals surface area contributed by atoms with Crippen molar-refractivity contribution >= 4 is 6.08 Å². The lowest BCUT2D eigenvalue weighted by Gasteiger charge is -2.14. The van der Waals surface area contributed by atoms with Crippen LogP contribution in [-0.2, 0) is 6.18 Å². The van der Waals surface area contributed by atoms with Gasteiger partial charge in [-0.25, -0.2) is 0 Å². The van der Waals surface area contributed by atoms with Crippen LogP contribution in [0.15, 0.2) is 24.8 Å². The van der Waals surface area contributed by atoms with Gasteiger partial charge in [-0.2, -0.15) is 26.3 Å². The Labute approximate surface area is 98.7 Å². The second kappa shape index (κ2) is 4.91. The minimum atomic E-state index is -4.68. The van der Waals surface area contributed by atoms with Gasteiger partial charge in [0.15, 0.2) is 6.61 Å². The zero-order valence-electron chi connectivity index (χ0n) is 8.90. The third-order valence-electron chi connectivity index (χ3n) is 1.95. The van der Waals surface area contributed by atoms with Gasteiger partial charge in [0.2, 0.25) is 0 Å². The summed E-state index contributed by atoms with van der Waals surface area (Å²) in [7, 11) is 0. The number of hydrogen-bond acceptors (Lipinski definition) is 1. The van der Waals surface area contributed by atoms with Crippen LogP contribution in [0, 0.1) is 0 Å². The van der Waals surface area contributed by atoms with Gasteiger partial charge >= 0.3 is 12.4 Å². The fraction of sp³-hybridized carbons (Fsp3) is 0.273. The molecular formula is C11H8F6O. The third-order valence-corrected chi connectivity index (χ3v) is 1.95. The number of hydrogen-bond donors (Lipinski definition) is 0. The van der Waals surface area contributed by atoms with Gasteiger partial charge in [-0.15, -0.1) is 0 Å². The van der Waals surface area contributed by atoms with E-state index in [1.54, 1.807) is 0 Å². The number of alkyl halides is 6. The highest BCUT2D eigenvalue weighted by molar-refractivity contribution is 5.55. The van der Waals surface area contributed by atoms with Crippen LogP contribution in [0.25, 0.3) is 6.08 Å². The molecule has 100 valence electrons. The van der Waals surface area contributed by atoms with E-state index >= 15 is 0 Å². The van der Waals surface area contributed by atoms with Gasteiger partial charge in [-0.3, -0.25) is 0 Å². The molecule has 0 saturated heterocycles. The Morgan fingerprint density at radius 3 is 2.17 bits per heavy atom. The highest BCUT2D eigenvalue weighted by Crippen LogP contribution is 2.35. The zero-order chi connectivity index (χ0) is 14.0. The lowest BCUT2D eigenvalue weighted by Crippen LogP contribution is -2.19. The van der Waals surface area contributed by atoms with Crippen molar-refractivity contribution in [1.82, 2.24) is 0 Å². The smallest absolute Gasteiger partial charge is 0.422 e. The van der Waals surface area contributed by atoms with Crippen LogP contribution in [0.4, 0.5) is 26.3 Å². The van der Waals surface area contributed by atoms with Crippen LogP contribution < -0.4 is 4.74 Å². The molecule has 0 amide bonds. The quantitative estimate of drug-likeness (QED) is 0.744. The summed E-state index contributed by atoms with van der Waals surface area (Å²) in [4.78, 5) is 0. The average molecular weight is 270 g/mol. The molecule has 0 N–H and O–H groups in total. The maximum absolute atomic E-state index is 12.6. The molecule has 1 nitrogen and oxygen atoms in total. The van der Waals surface area contributed by atoms with Crippen molar-refractivity contribution in [2.75, 3.05) is 6.61 Å². The molecule has 0 saturated carbocycles. The van der Waals surface area contributed by atoms with Crippen molar-refractivity contribution in [1.29, 1.82) is 0 Å². The van der Waals surface area contributed by atoms with Crippen LogP contribution in [0.2, 0.25) is 0 Å². The van der Waals surface area contributed by atoms with E-state index in [2.05, 4.69) is 11.3 Å². The summed E-state index contributed by atoms with van der Waals surface area (Å²) in [5, 5.41) is 0. The van der Waals surface area contributed by atoms with Gasteiger partial charge in [0.25, 0.3) is 0 Å². The molecular weight excluding hydrogens is 262 g/mol. The average Bonchev–Trinajstić information content (AvgIpc) is 2.24. The first kappa shape index (κ1) is 14.4. The molecule has 18 heavy (non-hydrogen) atoms. The first-order valence-electron chi connectivity index (χ1n) is 4.67. The largest absolute Gasteiger partial charge is 0.484 e. The Hall–Kier alpha value is -1.66. The Morgan fingerprint density at radius 1 is 1.11 bits per heavy atom. The van der Waals surface area contributed by atoms with Gasteiger partial charge < -0.3 is 4.74 Å². The summed E-state index contributed by atoms with van der Waals surface area (Å²) < 4.78 is 77.5. The van der Waals surface area contributed by atoms with E-state index in [1.807, 2.05) is 0 Å². The number of halogens is 6. The molecule has 0 fully saturated rings. The molecule has 1 rings (SSSR count). The SMILES string of the molecule is C=Cc1ccc(OCC(F)(F)F)cc1C(F)(F)F. The van der Waals surface area contributed by atoms with E-state index in [0.717, 1.165) is 18.2 Å². The predicted molar refractivity (Wildman–Crippen MR) is 53.1 cm³/mol. The molecule has 1 aromatic carbocycles. The second-order valence-corrected chi connectivity index (χ2v) is 3.35. The Kier molecular flexibility index (Phi) is 3.93. The third kappa shape index (κ3) is 3.97. The van der Waals surface area contributed by atoms with Crippen molar-refractivity contribution in [2.24, 2.45) is 0 Å². The van der Waals surface area contributed by atoms with Gasteiger partial charge in [-0.05, 0) is 17.7 Å². The summed E-state index contributed by atoms with van der Waals surface area (Å²) in [6, 6.07) is 2.54. The Morgan fingerprint density at radius 2 is 1.72 bits per heavy atom. The van der Waals surface area contributed by atoms with E-state index in [9.17, 15) is 26.3 Å². The molecule has 0 aliphatic heterocycles. The molecule has 0 bridgehead atoms. The minimum absolute atomic E-state index is 0.221. The summed E-state index contributed by atoms with van der Waals surface area (Å²) in [5.41, 5.74) is -1.31. The normalized spacial score (nSPS) is 12.3. The Bertz CT molecular complexity index is 432. The number of benzene rings is 1. The van der Waals surface area contributed by atoms with Crippen molar-refractivity contribution in [2.45, 2.75) is 12.4 Å². The monoisotopic (exact) mass is 270 g/mol. The number of rotatable bonds is 3. The molecule has 0 atom stereocenters. The topological polar surface area (TPSA) is 9.23 Å². The van der Waals surface area contributed by atoms with Gasteiger partial charge in [-0.1, -0.05) is 18.7 Å². The van der Waals surface area contributed by atoms with E-state index in [1.165, 1.54) is 0 Å². The summed E-state index contributed by atoms with van der Waals surface area (Å²) in [6.45, 7) is 1.56. The van der Waals surface area contributed by atoms with E-state index < -0.39 is 30.3 Å². The second-order valence-electron chi connectivity index (χ2n) is 3.35. The van der Waals surface area contributed by atoms with Gasteiger partial charge in [0, 0.05) is 0 Å². The van der Waals surface area contributed by atoms with Crippen molar-refractivity contribution in [3.8, 4) is 5.75 Å². The molecule has 0 heterocycles. The fourth-order valence-corrected chi connectivity index (χ4v) is 1.21. The van der Waals surface area contributed by atoms with Crippen LogP contribution in [0.3, 0.4) is 0 Å². The van der Waals surface area contributed by atoms with E-state index in [-0.39, 0.29) is 5.56 Å². The van der Waals surface area contributed by atoms with Crippen molar-refractivity contribution in [3.63, 3.8) is 0 Å². The summed E-state index contributed by atoms with van der Waals surface area (Å²) in [5.74, 6) is -0.495. The lowest BCUT2D eigenvalue weighted by molar-refractivity contribution is -0.153. The van der Waals surface area contributed by atoms with Crippen molar-refractivity contribution in [3.05, 3.63) is 35.9 Å². The van der Waals surface area contributed by atoms with Crippen LogP contribution in [0.5, 0.6) is 5.75 Å². The Balaban J connectivity index is 3.00. The molecule has 0 aromatic heterocycles. The van der Waals surface area contributed by atoms with Crippen LogP contribution in [-0.4, -0.2) is 12.8 Å².